The van der Waals surface area contributed by atoms with Crippen LogP contribution in [0.25, 0.3) is 16.9 Å². The maximum atomic E-state index is 13.0. The molecule has 8 heteroatoms. The minimum Gasteiger partial charge on any atom is -0.495 e. The Hall–Kier alpha value is -3.26. The van der Waals surface area contributed by atoms with Crippen molar-refractivity contribution in [1.29, 1.82) is 0 Å². The Morgan fingerprint density at radius 3 is 2.77 bits per heavy atom. The van der Waals surface area contributed by atoms with Gasteiger partial charge in [-0.1, -0.05) is 12.1 Å². The molecule has 2 aromatic heterocycles. The lowest BCUT2D eigenvalue weighted by Gasteiger charge is -2.14. The van der Waals surface area contributed by atoms with E-state index in [1.807, 2.05) is 0 Å². The van der Waals surface area contributed by atoms with E-state index in [1.54, 1.807) is 42.6 Å². The molecule has 1 amide bonds. The second kappa shape index (κ2) is 7.75. The first kappa shape index (κ1) is 17.6. The lowest BCUT2D eigenvalue weighted by atomic mass is 10.2. The van der Waals surface area contributed by atoms with Crippen LogP contribution in [0.3, 0.4) is 0 Å². The number of methoxy groups -OCH3 is 2. The molecule has 2 heterocycles. The number of hydrogen-bond donors (Lipinski definition) is 1. The Kier molecular flexibility index (Phi) is 5.23. The summed E-state index contributed by atoms with van der Waals surface area (Å²) in [5.41, 5.74) is 0.463. The van der Waals surface area contributed by atoms with Crippen LogP contribution in [0.15, 0.2) is 47.4 Å². The molecule has 0 aliphatic rings. The van der Waals surface area contributed by atoms with E-state index in [0.717, 1.165) is 0 Å². The minimum absolute atomic E-state index is 0.215. The van der Waals surface area contributed by atoms with Crippen LogP contribution >= 0.6 is 0 Å². The van der Waals surface area contributed by atoms with Crippen LogP contribution < -0.4 is 15.6 Å². The van der Waals surface area contributed by atoms with Crippen LogP contribution in [0.5, 0.6) is 5.75 Å². The number of carbonyl (C=O) groups excluding carboxylic acids is 1. The number of pyridine rings is 1. The van der Waals surface area contributed by atoms with Crippen molar-refractivity contribution >= 4 is 17.1 Å². The predicted octanol–water partition coefficient (Wildman–Crippen LogP) is 1.17. The van der Waals surface area contributed by atoms with E-state index in [-0.39, 0.29) is 12.2 Å². The summed E-state index contributed by atoms with van der Waals surface area (Å²) in [6.07, 6.45) is 1.56. The fraction of sp³-hybridized carbons (Fsp3) is 0.222. The summed E-state index contributed by atoms with van der Waals surface area (Å²) in [6, 6.07) is 10.4. The molecular weight excluding hydrogens is 336 g/mol. The molecule has 0 saturated heterocycles. The molecule has 0 aliphatic carbocycles. The number of aromatic nitrogens is 3. The number of ether oxygens (including phenoxy) is 2. The number of fused-ring (bicyclic) bond motifs is 1. The molecule has 1 N–H and O–H groups in total. The van der Waals surface area contributed by atoms with Crippen molar-refractivity contribution in [3.63, 3.8) is 0 Å². The highest BCUT2D eigenvalue weighted by molar-refractivity contribution is 5.93. The topological polar surface area (TPSA) is 95.3 Å². The van der Waals surface area contributed by atoms with E-state index in [0.29, 0.717) is 29.2 Å². The average Bonchev–Trinajstić information content (AvgIpc) is 2.67. The molecule has 0 unspecified atom stereocenters. The van der Waals surface area contributed by atoms with Gasteiger partial charge >= 0.3 is 0 Å². The van der Waals surface area contributed by atoms with Crippen LogP contribution in [0.1, 0.15) is 10.5 Å². The molecule has 1 aromatic carbocycles. The first-order chi connectivity index (χ1) is 12.7. The van der Waals surface area contributed by atoms with Gasteiger partial charge in [0.1, 0.15) is 11.3 Å². The summed E-state index contributed by atoms with van der Waals surface area (Å²) < 4.78 is 11.6. The van der Waals surface area contributed by atoms with Gasteiger partial charge < -0.3 is 14.8 Å². The Morgan fingerprint density at radius 1 is 1.19 bits per heavy atom. The molecular formula is C18H18N4O4. The van der Waals surface area contributed by atoms with Crippen LogP contribution in [-0.4, -0.2) is 47.8 Å². The zero-order valence-electron chi connectivity index (χ0n) is 14.4. The van der Waals surface area contributed by atoms with Crippen LogP contribution in [0.4, 0.5) is 0 Å². The summed E-state index contributed by atoms with van der Waals surface area (Å²) in [7, 11) is 3.04. The lowest BCUT2D eigenvalue weighted by molar-refractivity contribution is 0.0930. The Labute approximate surface area is 149 Å². The van der Waals surface area contributed by atoms with Gasteiger partial charge in [0.15, 0.2) is 11.3 Å². The van der Waals surface area contributed by atoms with E-state index in [2.05, 4.69) is 15.3 Å². The zero-order chi connectivity index (χ0) is 18.5. The van der Waals surface area contributed by atoms with Crippen molar-refractivity contribution in [1.82, 2.24) is 19.9 Å². The normalized spacial score (nSPS) is 10.7. The second-order valence-electron chi connectivity index (χ2n) is 5.37. The summed E-state index contributed by atoms with van der Waals surface area (Å²) in [5, 5.41) is 2.62. The van der Waals surface area contributed by atoms with Gasteiger partial charge in [-0.15, -0.1) is 0 Å². The Bertz CT molecular complexity index is 1000. The van der Waals surface area contributed by atoms with Crippen LogP contribution in [-0.2, 0) is 4.74 Å². The van der Waals surface area contributed by atoms with Gasteiger partial charge in [-0.2, -0.15) is 0 Å². The van der Waals surface area contributed by atoms with Crippen LogP contribution in [0.2, 0.25) is 0 Å². The quantitative estimate of drug-likeness (QED) is 0.668. The summed E-state index contributed by atoms with van der Waals surface area (Å²) >= 11 is 0. The summed E-state index contributed by atoms with van der Waals surface area (Å²) in [4.78, 5) is 33.9. The molecule has 3 rings (SSSR count). The number of rotatable bonds is 6. The number of carbonyl (C=O) groups is 1. The van der Waals surface area contributed by atoms with Crippen molar-refractivity contribution in [2.24, 2.45) is 0 Å². The first-order valence-electron chi connectivity index (χ1n) is 7.95. The first-order valence-corrected chi connectivity index (χ1v) is 7.95. The Morgan fingerprint density at radius 2 is 2.00 bits per heavy atom. The monoisotopic (exact) mass is 354 g/mol. The largest absolute Gasteiger partial charge is 0.495 e. The number of nitrogens with one attached hydrogen (secondary N) is 1. The molecule has 0 aliphatic heterocycles. The van der Waals surface area contributed by atoms with Crippen molar-refractivity contribution in [2.45, 2.75) is 0 Å². The van der Waals surface area contributed by atoms with Crippen molar-refractivity contribution in [2.75, 3.05) is 27.4 Å². The maximum Gasteiger partial charge on any atom is 0.288 e. The number of amides is 1. The molecule has 134 valence electrons. The SMILES string of the molecule is COCCNC(=O)c1nc2cccnc2n(-c2ccccc2OC)c1=O. The van der Waals surface area contributed by atoms with Gasteiger partial charge in [0.2, 0.25) is 0 Å². The number of nitrogens with zero attached hydrogens (tertiary/aromatic N) is 3. The smallest absolute Gasteiger partial charge is 0.288 e. The van der Waals surface area contributed by atoms with Gasteiger partial charge in [-0.25, -0.2) is 9.97 Å². The summed E-state index contributed by atoms with van der Waals surface area (Å²) in [5.74, 6) is -0.0834. The van der Waals surface area contributed by atoms with E-state index < -0.39 is 11.5 Å². The van der Waals surface area contributed by atoms with E-state index in [9.17, 15) is 9.59 Å². The zero-order valence-corrected chi connectivity index (χ0v) is 14.4. The van der Waals surface area contributed by atoms with Crippen molar-refractivity contribution < 1.29 is 14.3 Å². The molecule has 0 spiro atoms. The minimum atomic E-state index is -0.574. The molecule has 0 fully saturated rings. The highest BCUT2D eigenvalue weighted by Gasteiger charge is 2.20. The van der Waals surface area contributed by atoms with Gasteiger partial charge in [0.05, 0.1) is 19.4 Å². The van der Waals surface area contributed by atoms with Crippen molar-refractivity contribution in [3.8, 4) is 11.4 Å². The molecule has 0 atom stereocenters. The average molecular weight is 354 g/mol. The van der Waals surface area contributed by atoms with Gasteiger partial charge in [-0.3, -0.25) is 14.2 Å². The third-order valence-electron chi connectivity index (χ3n) is 3.75. The third kappa shape index (κ3) is 3.27. The molecule has 0 bridgehead atoms. The van der Waals surface area contributed by atoms with E-state index in [1.165, 1.54) is 18.8 Å². The molecule has 8 nitrogen and oxygen atoms in total. The Balaban J connectivity index is 2.23. The van der Waals surface area contributed by atoms with E-state index >= 15 is 0 Å². The second-order valence-corrected chi connectivity index (χ2v) is 5.37. The van der Waals surface area contributed by atoms with Gasteiger partial charge in [0.25, 0.3) is 11.5 Å². The maximum absolute atomic E-state index is 13.0. The van der Waals surface area contributed by atoms with Gasteiger partial charge in [0, 0.05) is 19.9 Å². The number of benzene rings is 1. The highest BCUT2D eigenvalue weighted by Crippen LogP contribution is 2.23. The molecule has 0 radical (unpaired) electrons. The fourth-order valence-corrected chi connectivity index (χ4v) is 2.55. The highest BCUT2D eigenvalue weighted by atomic mass is 16.5. The lowest BCUT2D eigenvalue weighted by Crippen LogP contribution is -2.35. The fourth-order valence-electron chi connectivity index (χ4n) is 2.55. The molecule has 0 saturated carbocycles. The summed E-state index contributed by atoms with van der Waals surface area (Å²) in [6.45, 7) is 0.609. The van der Waals surface area contributed by atoms with Crippen LogP contribution in [0, 0.1) is 0 Å². The number of para-hydroxylation sites is 2. The molecule has 26 heavy (non-hydrogen) atoms. The predicted molar refractivity (Wildman–Crippen MR) is 95.9 cm³/mol. The number of hydrogen-bond acceptors (Lipinski definition) is 6. The standard InChI is InChI=1S/C18H18N4O4/c1-25-11-10-20-17(23)15-18(24)22(13-7-3-4-8-14(13)26-2)16-12(21-15)6-5-9-19-16/h3-9H,10-11H2,1-2H3,(H,20,23). The van der Waals surface area contributed by atoms with Gasteiger partial charge in [-0.05, 0) is 24.3 Å². The molecule has 3 aromatic rings. The van der Waals surface area contributed by atoms with Crippen molar-refractivity contribution in [3.05, 3.63) is 58.6 Å². The third-order valence-corrected chi connectivity index (χ3v) is 3.75. The van der Waals surface area contributed by atoms with E-state index in [4.69, 9.17) is 9.47 Å².